The molecule has 0 fully saturated rings. The third-order valence-electron chi connectivity index (χ3n) is 4.48. The predicted octanol–water partition coefficient (Wildman–Crippen LogP) is 3.64. The molecule has 2 heterocycles. The summed E-state index contributed by atoms with van der Waals surface area (Å²) < 4.78 is 3.41. The van der Waals surface area contributed by atoms with Crippen LogP contribution in [0.3, 0.4) is 0 Å². The largest absolute Gasteiger partial charge is 0.333 e. The van der Waals surface area contributed by atoms with Crippen molar-refractivity contribution >= 4 is 0 Å². The zero-order valence-corrected chi connectivity index (χ0v) is 13.8. The van der Waals surface area contributed by atoms with E-state index in [1.54, 1.807) is 15.3 Å². The first-order valence-electron chi connectivity index (χ1n) is 8.18. The van der Waals surface area contributed by atoms with Gasteiger partial charge in [0.25, 0.3) is 0 Å². The van der Waals surface area contributed by atoms with Gasteiger partial charge in [-0.1, -0.05) is 42.5 Å². The van der Waals surface area contributed by atoms with Gasteiger partial charge in [0.05, 0.1) is 17.9 Å². The summed E-state index contributed by atoms with van der Waals surface area (Å²) >= 11 is 0. The van der Waals surface area contributed by atoms with Crippen molar-refractivity contribution in [3.63, 3.8) is 0 Å². The number of aromatic nitrogens is 4. The highest BCUT2D eigenvalue weighted by Gasteiger charge is 2.13. The summed E-state index contributed by atoms with van der Waals surface area (Å²) in [5.41, 5.74) is 3.98. The molecule has 4 aromatic rings. The number of hydrogen-bond acceptors (Lipinski definition) is 2. The van der Waals surface area contributed by atoms with Gasteiger partial charge in [-0.15, -0.1) is 0 Å². The van der Waals surface area contributed by atoms with E-state index in [1.165, 1.54) is 0 Å². The third kappa shape index (κ3) is 2.80. The molecule has 0 aliphatic heterocycles. The molecule has 4 rings (SSSR count). The Labute approximate surface area is 145 Å². The van der Waals surface area contributed by atoms with Crippen LogP contribution in [0.2, 0.25) is 0 Å². The molecule has 1 N–H and O–H groups in total. The maximum Gasteiger partial charge on any atom is 0.333 e. The minimum Gasteiger partial charge on any atom is -0.292 e. The highest BCUT2D eigenvalue weighted by molar-refractivity contribution is 5.62. The second-order valence-corrected chi connectivity index (χ2v) is 5.98. The molecule has 0 radical (unpaired) electrons. The molecule has 0 bridgehead atoms. The van der Waals surface area contributed by atoms with Gasteiger partial charge < -0.3 is 0 Å². The van der Waals surface area contributed by atoms with Gasteiger partial charge in [0.15, 0.2) is 0 Å². The molecule has 124 valence electrons. The predicted molar refractivity (Wildman–Crippen MR) is 97.9 cm³/mol. The van der Waals surface area contributed by atoms with Gasteiger partial charge in [-0.3, -0.25) is 14.2 Å². The van der Waals surface area contributed by atoms with Gasteiger partial charge in [0.2, 0.25) is 0 Å². The maximum atomic E-state index is 12.8. The number of nitrogens with one attached hydrogen (secondary N) is 1. The Bertz CT molecular complexity index is 1010. The number of rotatable bonds is 4. The van der Waals surface area contributed by atoms with Gasteiger partial charge in [0.1, 0.15) is 0 Å². The minimum absolute atomic E-state index is 0.0137. The molecule has 0 amide bonds. The molecule has 0 aliphatic carbocycles. The van der Waals surface area contributed by atoms with E-state index in [9.17, 15) is 4.79 Å². The Kier molecular flexibility index (Phi) is 3.82. The zero-order chi connectivity index (χ0) is 17.2. The summed E-state index contributed by atoms with van der Waals surface area (Å²) in [5, 5.41) is 6.77. The van der Waals surface area contributed by atoms with Crippen molar-refractivity contribution in [2.24, 2.45) is 0 Å². The first-order valence-corrected chi connectivity index (χ1v) is 8.18. The lowest BCUT2D eigenvalue weighted by Crippen LogP contribution is -2.25. The normalized spacial score (nSPS) is 12.2. The van der Waals surface area contributed by atoms with Gasteiger partial charge in [0, 0.05) is 24.2 Å². The lowest BCUT2D eigenvalue weighted by molar-refractivity contribution is 0.609. The first-order chi connectivity index (χ1) is 12.2. The molecule has 1 atom stereocenters. The minimum atomic E-state index is -0.0487. The average Bonchev–Trinajstić information content (AvgIpc) is 3.32. The fourth-order valence-corrected chi connectivity index (χ4v) is 3.00. The van der Waals surface area contributed by atoms with E-state index in [0.717, 1.165) is 22.4 Å². The van der Waals surface area contributed by atoms with Crippen LogP contribution in [0, 0.1) is 0 Å². The standard InChI is InChI=1S/C20H18N4O/c1-15(16-5-3-2-4-6-16)23-11-12-24(20(23)25)19-9-7-17(8-10-19)18-13-21-22-14-18/h2-15H,1H3,(H,21,22). The van der Waals surface area contributed by atoms with Crippen molar-refractivity contribution in [1.82, 2.24) is 19.3 Å². The molecule has 0 spiro atoms. The van der Waals surface area contributed by atoms with Crippen LogP contribution in [-0.2, 0) is 0 Å². The number of H-pyrrole nitrogens is 1. The Balaban J connectivity index is 1.66. The summed E-state index contributed by atoms with van der Waals surface area (Å²) in [7, 11) is 0. The molecule has 2 aromatic carbocycles. The topological polar surface area (TPSA) is 55.6 Å². The summed E-state index contributed by atoms with van der Waals surface area (Å²) in [6.07, 6.45) is 7.27. The second kappa shape index (κ2) is 6.28. The Morgan fingerprint density at radius 3 is 2.40 bits per heavy atom. The highest BCUT2D eigenvalue weighted by atomic mass is 16.1. The molecule has 0 saturated carbocycles. The van der Waals surface area contributed by atoms with E-state index in [2.05, 4.69) is 10.2 Å². The van der Waals surface area contributed by atoms with Crippen molar-refractivity contribution in [2.45, 2.75) is 13.0 Å². The van der Waals surface area contributed by atoms with Crippen LogP contribution in [0.5, 0.6) is 0 Å². The van der Waals surface area contributed by atoms with Gasteiger partial charge in [-0.05, 0) is 30.2 Å². The molecular formula is C20H18N4O. The Hall–Kier alpha value is -3.34. The lowest BCUT2D eigenvalue weighted by atomic mass is 10.1. The Morgan fingerprint density at radius 2 is 1.72 bits per heavy atom. The molecule has 1 unspecified atom stereocenters. The van der Waals surface area contributed by atoms with Crippen LogP contribution in [0.15, 0.2) is 84.2 Å². The smallest absolute Gasteiger partial charge is 0.292 e. The molecule has 0 saturated heterocycles. The molecular weight excluding hydrogens is 312 g/mol. The van der Waals surface area contributed by atoms with Crippen LogP contribution < -0.4 is 5.69 Å². The average molecular weight is 330 g/mol. The van der Waals surface area contributed by atoms with Crippen LogP contribution in [0.4, 0.5) is 0 Å². The fourth-order valence-electron chi connectivity index (χ4n) is 3.00. The van der Waals surface area contributed by atoms with Crippen molar-refractivity contribution in [3.05, 3.63) is 95.4 Å². The summed E-state index contributed by atoms with van der Waals surface area (Å²) in [5.74, 6) is 0. The number of imidazole rings is 1. The first kappa shape index (κ1) is 15.2. The fraction of sp³-hybridized carbons (Fsp3) is 0.100. The van der Waals surface area contributed by atoms with Crippen molar-refractivity contribution < 1.29 is 0 Å². The van der Waals surface area contributed by atoms with E-state index >= 15 is 0 Å². The van der Waals surface area contributed by atoms with Gasteiger partial charge >= 0.3 is 5.69 Å². The molecule has 0 aliphatic rings. The van der Waals surface area contributed by atoms with Crippen LogP contribution in [0.25, 0.3) is 16.8 Å². The van der Waals surface area contributed by atoms with Gasteiger partial charge in [-0.25, -0.2) is 4.79 Å². The third-order valence-corrected chi connectivity index (χ3v) is 4.48. The summed E-state index contributed by atoms with van der Waals surface area (Å²) in [6.45, 7) is 2.03. The zero-order valence-electron chi connectivity index (χ0n) is 13.8. The van der Waals surface area contributed by atoms with Crippen molar-refractivity contribution in [2.75, 3.05) is 0 Å². The van der Waals surface area contributed by atoms with Crippen LogP contribution >= 0.6 is 0 Å². The summed E-state index contributed by atoms with van der Waals surface area (Å²) in [4.78, 5) is 12.8. The Morgan fingerprint density at radius 1 is 0.960 bits per heavy atom. The van der Waals surface area contributed by atoms with Crippen molar-refractivity contribution in [3.8, 4) is 16.8 Å². The molecule has 5 heteroatoms. The van der Waals surface area contributed by atoms with E-state index in [-0.39, 0.29) is 11.7 Å². The summed E-state index contributed by atoms with van der Waals surface area (Å²) in [6, 6.07) is 17.9. The maximum absolute atomic E-state index is 12.8. The van der Waals surface area contributed by atoms with E-state index in [4.69, 9.17) is 0 Å². The number of hydrogen-bond donors (Lipinski definition) is 1. The second-order valence-electron chi connectivity index (χ2n) is 5.98. The lowest BCUT2D eigenvalue weighted by Gasteiger charge is -2.12. The number of aromatic amines is 1. The van der Waals surface area contributed by atoms with Crippen LogP contribution in [-0.4, -0.2) is 19.3 Å². The van der Waals surface area contributed by atoms with E-state index in [1.807, 2.05) is 80.1 Å². The monoisotopic (exact) mass is 330 g/mol. The SMILES string of the molecule is CC(c1ccccc1)n1ccn(-c2ccc(-c3cn[nH]c3)cc2)c1=O. The van der Waals surface area contributed by atoms with Crippen molar-refractivity contribution in [1.29, 1.82) is 0 Å². The highest BCUT2D eigenvalue weighted by Crippen LogP contribution is 2.20. The quantitative estimate of drug-likeness (QED) is 0.621. The number of benzene rings is 2. The van der Waals surface area contributed by atoms with E-state index in [0.29, 0.717) is 0 Å². The molecule has 5 nitrogen and oxygen atoms in total. The molecule has 2 aromatic heterocycles. The molecule has 25 heavy (non-hydrogen) atoms. The van der Waals surface area contributed by atoms with Crippen LogP contribution in [0.1, 0.15) is 18.5 Å². The van der Waals surface area contributed by atoms with Gasteiger partial charge in [-0.2, -0.15) is 5.10 Å². The number of nitrogens with zero attached hydrogens (tertiary/aromatic N) is 3. The van der Waals surface area contributed by atoms with E-state index < -0.39 is 0 Å².